The Balaban J connectivity index is 1.66. The standard InChI is InChI=1S/C19H25ClN6O/c1-12-10-14(6-7-15(12)20)23-19(27)26-18-24-16(13-4-5-13)11-17(25-18)22-9-3-8-21-2/h6-7,10-11,13,21H,3-5,8-9H2,1-2H3,(H3,22,23,24,25,26,27). The highest BCUT2D eigenvalue weighted by molar-refractivity contribution is 6.31. The number of nitrogens with zero attached hydrogens (tertiary/aromatic N) is 2. The van der Waals surface area contributed by atoms with E-state index >= 15 is 0 Å². The fourth-order valence-corrected chi connectivity index (χ4v) is 2.79. The van der Waals surface area contributed by atoms with Crippen LogP contribution in [0.1, 0.15) is 36.4 Å². The molecular formula is C19H25ClN6O. The lowest BCUT2D eigenvalue weighted by Crippen LogP contribution is -2.22. The van der Waals surface area contributed by atoms with E-state index in [0.29, 0.717) is 22.6 Å². The molecule has 0 atom stereocenters. The highest BCUT2D eigenvalue weighted by atomic mass is 35.5. The first-order chi connectivity index (χ1) is 13.0. The molecule has 8 heteroatoms. The van der Waals surface area contributed by atoms with E-state index in [1.807, 2.05) is 26.1 Å². The number of anilines is 3. The average molecular weight is 389 g/mol. The number of hydrogen-bond acceptors (Lipinski definition) is 5. The smallest absolute Gasteiger partial charge is 0.326 e. The Labute approximate surface area is 164 Å². The first-order valence-electron chi connectivity index (χ1n) is 9.17. The predicted octanol–water partition coefficient (Wildman–Crippen LogP) is 3.98. The van der Waals surface area contributed by atoms with Crippen molar-refractivity contribution in [2.45, 2.75) is 32.1 Å². The summed E-state index contributed by atoms with van der Waals surface area (Å²) in [5, 5.41) is 12.6. The summed E-state index contributed by atoms with van der Waals surface area (Å²) in [5.41, 5.74) is 2.53. The molecule has 27 heavy (non-hydrogen) atoms. The summed E-state index contributed by atoms with van der Waals surface area (Å²) in [4.78, 5) is 21.2. The number of carbonyl (C=O) groups excluding carboxylic acids is 1. The Morgan fingerprint density at radius 1 is 1.19 bits per heavy atom. The highest BCUT2D eigenvalue weighted by Gasteiger charge is 2.26. The summed E-state index contributed by atoms with van der Waals surface area (Å²) < 4.78 is 0. The van der Waals surface area contributed by atoms with Crippen LogP contribution in [0.3, 0.4) is 0 Å². The van der Waals surface area contributed by atoms with Crippen LogP contribution >= 0.6 is 11.6 Å². The SMILES string of the molecule is CNCCCNc1cc(C2CC2)nc(NC(=O)Nc2ccc(Cl)c(C)c2)n1. The number of benzene rings is 1. The Bertz CT molecular complexity index is 809. The Hall–Kier alpha value is -2.38. The van der Waals surface area contributed by atoms with Crippen LogP contribution in [0.25, 0.3) is 0 Å². The van der Waals surface area contributed by atoms with Gasteiger partial charge in [-0.2, -0.15) is 4.98 Å². The van der Waals surface area contributed by atoms with Crippen molar-refractivity contribution in [2.24, 2.45) is 0 Å². The summed E-state index contributed by atoms with van der Waals surface area (Å²) in [5.74, 6) is 1.51. The van der Waals surface area contributed by atoms with E-state index in [4.69, 9.17) is 11.6 Å². The van der Waals surface area contributed by atoms with Gasteiger partial charge in [0.2, 0.25) is 5.95 Å². The molecule has 0 bridgehead atoms. The van der Waals surface area contributed by atoms with Gasteiger partial charge in [-0.15, -0.1) is 0 Å². The van der Waals surface area contributed by atoms with Crippen LogP contribution in [0.4, 0.5) is 22.2 Å². The number of halogens is 1. The normalized spacial score (nSPS) is 13.3. The number of hydrogen-bond donors (Lipinski definition) is 4. The van der Waals surface area contributed by atoms with Gasteiger partial charge < -0.3 is 16.0 Å². The second-order valence-corrected chi connectivity index (χ2v) is 7.11. The van der Waals surface area contributed by atoms with Crippen molar-refractivity contribution in [1.82, 2.24) is 15.3 Å². The summed E-state index contributed by atoms with van der Waals surface area (Å²) in [7, 11) is 1.93. The topological polar surface area (TPSA) is 91.0 Å². The third-order valence-corrected chi connectivity index (χ3v) is 4.72. The van der Waals surface area contributed by atoms with Gasteiger partial charge in [-0.3, -0.25) is 5.32 Å². The minimum atomic E-state index is -0.384. The van der Waals surface area contributed by atoms with E-state index < -0.39 is 0 Å². The fourth-order valence-electron chi connectivity index (χ4n) is 2.67. The van der Waals surface area contributed by atoms with E-state index in [-0.39, 0.29) is 6.03 Å². The molecule has 1 aliphatic rings. The van der Waals surface area contributed by atoms with Gasteiger partial charge in [0.25, 0.3) is 0 Å². The molecule has 144 valence electrons. The summed E-state index contributed by atoms with van der Waals surface area (Å²) in [6.07, 6.45) is 3.25. The van der Waals surface area contributed by atoms with Crippen LogP contribution in [-0.4, -0.2) is 36.1 Å². The van der Waals surface area contributed by atoms with Gasteiger partial charge in [0.15, 0.2) is 0 Å². The van der Waals surface area contributed by atoms with Crippen molar-refractivity contribution < 1.29 is 4.79 Å². The molecule has 1 heterocycles. The molecule has 4 N–H and O–H groups in total. The molecule has 7 nitrogen and oxygen atoms in total. The number of rotatable bonds is 8. The number of carbonyl (C=O) groups is 1. The summed E-state index contributed by atoms with van der Waals surface area (Å²) in [6, 6.07) is 6.92. The minimum absolute atomic E-state index is 0.304. The van der Waals surface area contributed by atoms with Gasteiger partial charge in [0.1, 0.15) is 5.82 Å². The lowest BCUT2D eigenvalue weighted by atomic mass is 10.2. The van der Waals surface area contributed by atoms with Crippen LogP contribution in [0.5, 0.6) is 0 Å². The third kappa shape index (κ3) is 5.80. The Kier molecular flexibility index (Phi) is 6.47. The van der Waals surface area contributed by atoms with E-state index in [2.05, 4.69) is 31.2 Å². The van der Waals surface area contributed by atoms with Gasteiger partial charge in [-0.05, 0) is 63.5 Å². The molecule has 0 unspecified atom stereocenters. The van der Waals surface area contributed by atoms with E-state index in [1.165, 1.54) is 0 Å². The monoisotopic (exact) mass is 388 g/mol. The number of aromatic nitrogens is 2. The number of amides is 2. The quantitative estimate of drug-likeness (QED) is 0.513. The number of urea groups is 1. The van der Waals surface area contributed by atoms with Crippen LogP contribution < -0.4 is 21.3 Å². The Morgan fingerprint density at radius 2 is 2.00 bits per heavy atom. The molecule has 1 aromatic carbocycles. The van der Waals surface area contributed by atoms with Crippen molar-refractivity contribution in [3.63, 3.8) is 0 Å². The van der Waals surface area contributed by atoms with E-state index in [0.717, 1.165) is 49.4 Å². The molecule has 0 saturated heterocycles. The van der Waals surface area contributed by atoms with Crippen LogP contribution in [0.15, 0.2) is 24.3 Å². The molecule has 0 aliphatic heterocycles. The zero-order valence-electron chi connectivity index (χ0n) is 15.6. The molecule has 2 aromatic rings. The molecule has 0 radical (unpaired) electrons. The van der Waals surface area contributed by atoms with Crippen LogP contribution in [-0.2, 0) is 0 Å². The molecule has 1 aromatic heterocycles. The molecule has 1 aliphatic carbocycles. The lowest BCUT2D eigenvalue weighted by Gasteiger charge is -2.11. The van der Waals surface area contributed by atoms with Gasteiger partial charge in [0, 0.05) is 29.2 Å². The maximum absolute atomic E-state index is 12.3. The van der Waals surface area contributed by atoms with Crippen molar-refractivity contribution in [1.29, 1.82) is 0 Å². The van der Waals surface area contributed by atoms with Crippen LogP contribution in [0, 0.1) is 6.92 Å². The van der Waals surface area contributed by atoms with E-state index in [1.54, 1.807) is 12.1 Å². The minimum Gasteiger partial charge on any atom is -0.370 e. The first kappa shape index (κ1) is 19.4. The molecule has 3 rings (SSSR count). The van der Waals surface area contributed by atoms with Crippen LogP contribution in [0.2, 0.25) is 5.02 Å². The highest BCUT2D eigenvalue weighted by Crippen LogP contribution is 2.39. The zero-order chi connectivity index (χ0) is 19.2. The zero-order valence-corrected chi connectivity index (χ0v) is 16.4. The van der Waals surface area contributed by atoms with E-state index in [9.17, 15) is 4.79 Å². The number of nitrogens with one attached hydrogen (secondary N) is 4. The molecule has 1 saturated carbocycles. The van der Waals surface area contributed by atoms with Crippen molar-refractivity contribution >= 4 is 35.1 Å². The maximum atomic E-state index is 12.3. The molecule has 1 fully saturated rings. The largest absolute Gasteiger partial charge is 0.370 e. The third-order valence-electron chi connectivity index (χ3n) is 4.29. The Morgan fingerprint density at radius 3 is 2.70 bits per heavy atom. The second kappa shape index (κ2) is 9.01. The molecule has 2 amide bonds. The summed E-state index contributed by atoms with van der Waals surface area (Å²) in [6.45, 7) is 3.62. The summed E-state index contributed by atoms with van der Waals surface area (Å²) >= 11 is 6.02. The van der Waals surface area contributed by atoms with Gasteiger partial charge in [0.05, 0.1) is 5.69 Å². The van der Waals surface area contributed by atoms with Crippen molar-refractivity contribution in [2.75, 3.05) is 36.1 Å². The molecule has 0 spiro atoms. The van der Waals surface area contributed by atoms with Gasteiger partial charge in [-0.25, -0.2) is 9.78 Å². The number of aryl methyl sites for hydroxylation is 1. The van der Waals surface area contributed by atoms with Crippen molar-refractivity contribution in [3.05, 3.63) is 40.5 Å². The second-order valence-electron chi connectivity index (χ2n) is 6.70. The average Bonchev–Trinajstić information content (AvgIpc) is 3.47. The predicted molar refractivity (Wildman–Crippen MR) is 110 cm³/mol. The molecular weight excluding hydrogens is 364 g/mol. The lowest BCUT2D eigenvalue weighted by molar-refractivity contribution is 0.262. The van der Waals surface area contributed by atoms with Gasteiger partial charge in [-0.1, -0.05) is 11.6 Å². The maximum Gasteiger partial charge on any atom is 0.326 e. The van der Waals surface area contributed by atoms with Crippen molar-refractivity contribution in [3.8, 4) is 0 Å². The van der Waals surface area contributed by atoms with Gasteiger partial charge >= 0.3 is 6.03 Å². The fraction of sp³-hybridized carbons (Fsp3) is 0.421. The first-order valence-corrected chi connectivity index (χ1v) is 9.54.